The molecule has 0 aliphatic carbocycles. The molecular weight excluding hydrogens is 774 g/mol. The van der Waals surface area contributed by atoms with Crippen LogP contribution in [0.2, 0.25) is 0 Å². The van der Waals surface area contributed by atoms with E-state index in [0.29, 0.717) is 24.3 Å². The molecule has 12 nitrogen and oxygen atoms in total. The first-order valence-corrected chi connectivity index (χ1v) is 17.0. The van der Waals surface area contributed by atoms with Crippen LogP contribution in [-0.4, -0.2) is 53.0 Å². The molecule has 0 aliphatic heterocycles. The number of nitrogens with zero attached hydrogens (tertiary/aromatic N) is 2. The van der Waals surface area contributed by atoms with E-state index in [4.69, 9.17) is 0 Å². The van der Waals surface area contributed by atoms with Crippen molar-refractivity contribution in [1.29, 1.82) is 0 Å². The van der Waals surface area contributed by atoms with Crippen molar-refractivity contribution in [3.05, 3.63) is 75.9 Å². The van der Waals surface area contributed by atoms with Crippen molar-refractivity contribution in [1.82, 2.24) is 0 Å². The monoisotopic (exact) mass is 782 g/mol. The van der Waals surface area contributed by atoms with Gasteiger partial charge in [-0.05, 0) is 0 Å². The van der Waals surface area contributed by atoms with Crippen LogP contribution in [0.4, 0.5) is 50.9 Å². The maximum absolute atomic E-state index is 13.9. The summed E-state index contributed by atoms with van der Waals surface area (Å²) in [7, 11) is -26.2. The average Bonchev–Trinajstić information content (AvgIpc) is 2.79. The summed E-state index contributed by atoms with van der Waals surface area (Å²) in [4.78, 5) is 19.5. The Morgan fingerprint density at radius 1 is 0.561 bits per heavy atom. The molecule has 0 aliphatic rings. The van der Waals surface area contributed by atoms with Crippen LogP contribution in [0.3, 0.4) is 0 Å². The van der Waals surface area contributed by atoms with Crippen LogP contribution in [0.15, 0.2) is 48.5 Å². The van der Waals surface area contributed by atoms with Gasteiger partial charge in [0.25, 0.3) is 0 Å². The molecule has 25 heteroatoms. The molecule has 0 fully saturated rings. The van der Waals surface area contributed by atoms with Crippen molar-refractivity contribution < 1.29 is 74.6 Å². The number of non-ortho nitro benzene ring substituents is 2. The van der Waals surface area contributed by atoms with E-state index >= 15 is 0 Å². The predicted molar refractivity (Wildman–Crippen MR) is 125 cm³/mol. The quantitative estimate of drug-likeness (QED) is 0.122. The van der Waals surface area contributed by atoms with Crippen LogP contribution < -0.4 is 0 Å². The maximum atomic E-state index is 13.9. The number of hydrogen-bond donors (Lipinski definition) is 0. The molecule has 0 atom stereocenters. The van der Waals surface area contributed by atoms with Gasteiger partial charge >= 0.3 is 229 Å². The van der Waals surface area contributed by atoms with Crippen LogP contribution in [0.1, 0.15) is 0 Å². The molecule has 0 spiro atoms. The van der Waals surface area contributed by atoms with Gasteiger partial charge < -0.3 is 0 Å². The van der Waals surface area contributed by atoms with Crippen LogP contribution in [0.25, 0.3) is 0 Å². The molecule has 2 aromatic carbocycles. The van der Waals surface area contributed by atoms with Crippen LogP contribution in [-0.2, 0) is 29.5 Å². The summed E-state index contributed by atoms with van der Waals surface area (Å²) in [5, 5.41) is 22.4. The first-order valence-electron chi connectivity index (χ1n) is 9.31. The van der Waals surface area contributed by atoms with Crippen LogP contribution in [0.5, 0.6) is 0 Å². The molecule has 0 aromatic heterocycles. The SMILES string of the molecule is O=[N+]([O-])c1cccc(I(c2cccc([N+](=O)[O-])c2)C(S(=O)(=O)C(F)(F)F)(S(=O)(=O)C(F)(F)F)S(=O)(=O)C(F)(F)F)c1. The summed E-state index contributed by atoms with van der Waals surface area (Å²) in [6.07, 6.45) is 0. The van der Waals surface area contributed by atoms with Crippen LogP contribution in [0, 0.1) is 27.4 Å². The van der Waals surface area contributed by atoms with E-state index < -0.39 is 95.6 Å². The fourth-order valence-corrected chi connectivity index (χ4v) is 25.3. The van der Waals surface area contributed by atoms with E-state index in [0.717, 1.165) is 0 Å². The van der Waals surface area contributed by atoms with Gasteiger partial charge in [0.05, 0.1) is 0 Å². The number of nitro benzene ring substituents is 2. The molecule has 0 saturated heterocycles. The van der Waals surface area contributed by atoms with Crippen molar-refractivity contribution in [2.24, 2.45) is 0 Å². The van der Waals surface area contributed by atoms with Gasteiger partial charge in [-0.3, -0.25) is 0 Å². The zero-order valence-corrected chi connectivity index (χ0v) is 23.2. The summed E-state index contributed by atoms with van der Waals surface area (Å²) in [5.74, 6) is 0. The van der Waals surface area contributed by atoms with E-state index in [9.17, 15) is 85.0 Å². The molecule has 2 rings (SSSR count). The number of rotatable bonds is 8. The molecule has 2 aromatic rings. The van der Waals surface area contributed by atoms with Gasteiger partial charge in [-0.1, -0.05) is 0 Å². The Balaban J connectivity index is 3.60. The summed E-state index contributed by atoms with van der Waals surface area (Å²) < 4.78 is 192. The molecule has 0 bridgehead atoms. The van der Waals surface area contributed by atoms with E-state index in [-0.39, 0.29) is 24.3 Å². The average molecular weight is 782 g/mol. The molecule has 41 heavy (non-hydrogen) atoms. The number of halogens is 10. The zero-order chi connectivity index (χ0) is 32.2. The topological polar surface area (TPSA) is 189 Å². The Bertz CT molecular complexity index is 1560. The van der Waals surface area contributed by atoms with Crippen molar-refractivity contribution >= 4 is 60.7 Å². The minimum absolute atomic E-state index is 0.137. The van der Waals surface area contributed by atoms with Gasteiger partial charge in [0.2, 0.25) is 0 Å². The third kappa shape index (κ3) is 5.30. The summed E-state index contributed by atoms with van der Waals surface area (Å²) in [6, 6.07) is 1.61. The standard InChI is InChI=1S/C16H8F9IN2O10S3/c17-13(18,19)39(33,34)16(40(35,36)14(20,21)22,41(37,38)15(23,24)25)26(9-3-1-5-11(7-9)27(29)30)10-4-2-6-12(8-10)28(31)32/h1-8H. The van der Waals surface area contributed by atoms with Gasteiger partial charge in [-0.25, -0.2) is 0 Å². The summed E-state index contributed by atoms with van der Waals surface area (Å²) in [6.45, 7) is 0. The number of sulfone groups is 3. The van der Waals surface area contributed by atoms with Gasteiger partial charge in [0.1, 0.15) is 0 Å². The first kappa shape index (κ1) is 34.4. The predicted octanol–water partition coefficient (Wildman–Crippen LogP) is 4.46. The van der Waals surface area contributed by atoms with Crippen molar-refractivity contribution in [2.75, 3.05) is 0 Å². The third-order valence-corrected chi connectivity index (χ3v) is 25.8. The molecule has 0 radical (unpaired) electrons. The van der Waals surface area contributed by atoms with E-state index in [1.54, 1.807) is 0 Å². The molecule has 0 unspecified atom stereocenters. The Kier molecular flexibility index (Phi) is 8.79. The number of alkyl halides is 10. The van der Waals surface area contributed by atoms with Gasteiger partial charge in [0.15, 0.2) is 0 Å². The second kappa shape index (κ2) is 10.5. The van der Waals surface area contributed by atoms with Gasteiger partial charge in [-0.15, -0.1) is 0 Å². The Labute approximate surface area is 228 Å². The van der Waals surface area contributed by atoms with E-state index in [1.807, 2.05) is 0 Å². The molecule has 0 N–H and O–H groups in total. The van der Waals surface area contributed by atoms with Crippen molar-refractivity contribution in [3.8, 4) is 0 Å². The summed E-state index contributed by atoms with van der Waals surface area (Å²) in [5.41, 5.74) is -25.2. The number of nitro groups is 2. The van der Waals surface area contributed by atoms with Gasteiger partial charge in [0, 0.05) is 0 Å². The second-order valence-corrected chi connectivity index (χ2v) is 22.0. The molecular formula is C16H8F9IN2O10S3. The van der Waals surface area contributed by atoms with Crippen molar-refractivity contribution in [3.63, 3.8) is 0 Å². The summed E-state index contributed by atoms with van der Waals surface area (Å²) >= 11 is -6.83. The first-order chi connectivity index (χ1) is 18.2. The van der Waals surface area contributed by atoms with E-state index in [2.05, 4.69) is 0 Å². The Hall–Kier alpha value is -2.81. The third-order valence-electron chi connectivity index (χ3n) is 4.58. The minimum atomic E-state index is -8.73. The van der Waals surface area contributed by atoms with Crippen molar-refractivity contribution in [2.45, 2.75) is 17.9 Å². The Morgan fingerprint density at radius 3 is 1.05 bits per heavy atom. The molecule has 0 heterocycles. The number of hydrogen-bond acceptors (Lipinski definition) is 10. The normalized spacial score (nSPS) is 14.4. The second-order valence-electron chi connectivity index (χ2n) is 7.09. The molecule has 0 saturated carbocycles. The molecule has 0 amide bonds. The zero-order valence-electron chi connectivity index (χ0n) is 18.6. The van der Waals surface area contributed by atoms with Gasteiger partial charge in [-0.2, -0.15) is 0 Å². The Morgan fingerprint density at radius 2 is 0.829 bits per heavy atom. The molecule has 230 valence electrons. The number of benzene rings is 2. The fourth-order valence-electron chi connectivity index (χ4n) is 2.96. The van der Waals surface area contributed by atoms with E-state index in [1.165, 1.54) is 0 Å². The fraction of sp³-hybridized carbons (Fsp3) is 0.250. The van der Waals surface area contributed by atoms with Crippen LogP contribution >= 0.6 is 19.8 Å².